The number of nitrogens with one attached hydrogen (secondary N) is 2. The van der Waals surface area contributed by atoms with E-state index in [1.165, 1.54) is 0 Å². The van der Waals surface area contributed by atoms with Gasteiger partial charge in [0.25, 0.3) is 0 Å². The third-order valence-electron chi connectivity index (χ3n) is 5.87. The molecule has 1 fully saturated rings. The number of carbonyl (C=O) groups is 1. The number of pyridine rings is 1. The third-order valence-corrected chi connectivity index (χ3v) is 5.87. The third kappa shape index (κ3) is 3.49. The zero-order valence-corrected chi connectivity index (χ0v) is 17.2. The van der Waals surface area contributed by atoms with Crippen molar-refractivity contribution in [3.8, 4) is 11.5 Å². The fourth-order valence-electron chi connectivity index (χ4n) is 4.24. The van der Waals surface area contributed by atoms with Gasteiger partial charge in [-0.1, -0.05) is 0 Å². The Labute approximate surface area is 174 Å². The minimum atomic E-state index is -0.291. The molecule has 5 rings (SSSR count). The predicted molar refractivity (Wildman–Crippen MR) is 112 cm³/mol. The van der Waals surface area contributed by atoms with E-state index in [0.717, 1.165) is 53.7 Å². The van der Waals surface area contributed by atoms with Crippen molar-refractivity contribution in [2.45, 2.75) is 38.1 Å². The highest BCUT2D eigenvalue weighted by atomic mass is 16.5. The smallest absolute Gasteiger partial charge is 0.240 e. The monoisotopic (exact) mass is 407 g/mol. The molecule has 0 radical (unpaired) electrons. The molecule has 3 aromatic rings. The number of aromatic nitrogens is 5. The van der Waals surface area contributed by atoms with Crippen LogP contribution in [0.25, 0.3) is 22.4 Å². The molecule has 1 atom stereocenters. The van der Waals surface area contributed by atoms with Crippen LogP contribution < -0.4 is 10.2 Å². The Kier molecular flexibility index (Phi) is 4.62. The molecule has 2 aliphatic rings. The Bertz CT molecular complexity index is 1100. The van der Waals surface area contributed by atoms with E-state index in [-0.39, 0.29) is 18.0 Å². The standard InChI is InChI=1S/C21H25N7O2/c1-21(6-7-30-12-21)26-18(29)11-28(2)20-14-4-3-5-15(14)24-19(25-20)16-8-13-9-23-27-17(13)10-22-16/h8-10H,3-7,11-12H2,1-2H3,(H,23,27)(H,26,29). The van der Waals surface area contributed by atoms with Gasteiger partial charge in [-0.2, -0.15) is 5.10 Å². The topological polar surface area (TPSA) is 109 Å². The molecule has 0 spiro atoms. The molecule has 9 heteroatoms. The summed E-state index contributed by atoms with van der Waals surface area (Å²) in [6.07, 6.45) is 7.23. The summed E-state index contributed by atoms with van der Waals surface area (Å²) in [4.78, 5) is 28.7. The number of hydrogen-bond acceptors (Lipinski definition) is 7. The van der Waals surface area contributed by atoms with E-state index in [0.29, 0.717) is 24.7 Å². The molecule has 1 amide bonds. The second-order valence-corrected chi connectivity index (χ2v) is 8.44. The Morgan fingerprint density at radius 1 is 1.33 bits per heavy atom. The predicted octanol–water partition coefficient (Wildman–Crippen LogP) is 1.63. The van der Waals surface area contributed by atoms with Gasteiger partial charge in [-0.15, -0.1) is 0 Å². The van der Waals surface area contributed by atoms with Gasteiger partial charge >= 0.3 is 0 Å². The molecule has 156 valence electrons. The van der Waals surface area contributed by atoms with Crippen molar-refractivity contribution in [2.24, 2.45) is 0 Å². The van der Waals surface area contributed by atoms with Crippen LogP contribution in [0.2, 0.25) is 0 Å². The highest BCUT2D eigenvalue weighted by Gasteiger charge is 2.32. The molecular formula is C21H25N7O2. The largest absolute Gasteiger partial charge is 0.379 e. The van der Waals surface area contributed by atoms with Crippen molar-refractivity contribution < 1.29 is 9.53 Å². The number of anilines is 1. The molecule has 0 saturated carbocycles. The number of amides is 1. The van der Waals surface area contributed by atoms with Crippen molar-refractivity contribution in [1.82, 2.24) is 30.5 Å². The van der Waals surface area contributed by atoms with Crippen LogP contribution in [0.4, 0.5) is 5.82 Å². The Balaban J connectivity index is 1.43. The van der Waals surface area contributed by atoms with E-state index < -0.39 is 0 Å². The van der Waals surface area contributed by atoms with Crippen LogP contribution in [-0.4, -0.2) is 63.4 Å². The maximum Gasteiger partial charge on any atom is 0.240 e. The van der Waals surface area contributed by atoms with Gasteiger partial charge < -0.3 is 15.0 Å². The van der Waals surface area contributed by atoms with Crippen molar-refractivity contribution in [3.05, 3.63) is 29.7 Å². The summed E-state index contributed by atoms with van der Waals surface area (Å²) < 4.78 is 5.44. The summed E-state index contributed by atoms with van der Waals surface area (Å²) in [6.45, 7) is 3.49. The van der Waals surface area contributed by atoms with Crippen molar-refractivity contribution in [2.75, 3.05) is 31.7 Å². The number of aryl methyl sites for hydroxylation is 1. The molecule has 9 nitrogen and oxygen atoms in total. The lowest BCUT2D eigenvalue weighted by Gasteiger charge is -2.26. The number of carbonyl (C=O) groups excluding carboxylic acids is 1. The number of hydrogen-bond donors (Lipinski definition) is 2. The molecule has 2 N–H and O–H groups in total. The Hall–Kier alpha value is -3.07. The van der Waals surface area contributed by atoms with E-state index in [1.54, 1.807) is 12.4 Å². The van der Waals surface area contributed by atoms with Gasteiger partial charge in [0.1, 0.15) is 11.5 Å². The molecule has 0 bridgehead atoms. The molecule has 4 heterocycles. The lowest BCUT2D eigenvalue weighted by Crippen LogP contribution is -2.49. The first-order valence-electron chi connectivity index (χ1n) is 10.3. The number of nitrogens with zero attached hydrogens (tertiary/aromatic N) is 5. The van der Waals surface area contributed by atoms with Gasteiger partial charge in [0, 0.05) is 30.3 Å². The van der Waals surface area contributed by atoms with Gasteiger partial charge in [-0.25, -0.2) is 9.97 Å². The Morgan fingerprint density at radius 2 is 2.23 bits per heavy atom. The van der Waals surface area contributed by atoms with Gasteiger partial charge in [-0.05, 0) is 38.7 Å². The summed E-state index contributed by atoms with van der Waals surface area (Å²) >= 11 is 0. The van der Waals surface area contributed by atoms with Crippen LogP contribution in [0, 0.1) is 0 Å². The first-order chi connectivity index (χ1) is 14.5. The number of ether oxygens (including phenoxy) is 1. The van der Waals surface area contributed by atoms with E-state index >= 15 is 0 Å². The lowest BCUT2D eigenvalue weighted by molar-refractivity contribution is -0.121. The average Bonchev–Trinajstić information content (AvgIpc) is 3.46. The summed E-state index contributed by atoms with van der Waals surface area (Å²) in [5, 5.41) is 11.0. The highest BCUT2D eigenvalue weighted by molar-refractivity contribution is 5.83. The fourth-order valence-corrected chi connectivity index (χ4v) is 4.24. The average molecular weight is 407 g/mol. The van der Waals surface area contributed by atoms with Gasteiger partial charge in [0.2, 0.25) is 5.91 Å². The number of rotatable bonds is 5. The van der Waals surface area contributed by atoms with E-state index in [2.05, 4.69) is 20.5 Å². The van der Waals surface area contributed by atoms with Crippen molar-refractivity contribution in [3.63, 3.8) is 0 Å². The zero-order valence-electron chi connectivity index (χ0n) is 17.2. The lowest BCUT2D eigenvalue weighted by atomic mass is 10.0. The minimum Gasteiger partial charge on any atom is -0.379 e. The maximum atomic E-state index is 12.7. The second kappa shape index (κ2) is 7.32. The van der Waals surface area contributed by atoms with Crippen LogP contribution in [0.3, 0.4) is 0 Å². The summed E-state index contributed by atoms with van der Waals surface area (Å²) in [5.41, 5.74) is 3.47. The zero-order chi connectivity index (χ0) is 20.7. The second-order valence-electron chi connectivity index (χ2n) is 8.44. The van der Waals surface area contributed by atoms with Crippen LogP contribution in [-0.2, 0) is 22.4 Å². The van der Waals surface area contributed by atoms with Crippen LogP contribution in [0.15, 0.2) is 18.5 Å². The first kappa shape index (κ1) is 18.9. The molecule has 1 aliphatic heterocycles. The summed E-state index contributed by atoms with van der Waals surface area (Å²) in [6, 6.07) is 1.94. The van der Waals surface area contributed by atoms with Crippen molar-refractivity contribution >= 4 is 22.6 Å². The molecule has 1 saturated heterocycles. The van der Waals surface area contributed by atoms with Crippen LogP contribution in [0.5, 0.6) is 0 Å². The molecule has 30 heavy (non-hydrogen) atoms. The van der Waals surface area contributed by atoms with Gasteiger partial charge in [0.05, 0.1) is 36.6 Å². The SMILES string of the molecule is CN(CC(=O)NC1(C)CCOC1)c1nc(-c2cc3cn[nH]c3cn2)nc2c1CCC2. The van der Waals surface area contributed by atoms with Crippen molar-refractivity contribution in [1.29, 1.82) is 0 Å². The number of fused-ring (bicyclic) bond motifs is 2. The molecule has 1 aliphatic carbocycles. The molecule has 0 aromatic carbocycles. The van der Waals surface area contributed by atoms with Gasteiger partial charge in [-0.3, -0.25) is 14.9 Å². The van der Waals surface area contributed by atoms with E-state index in [4.69, 9.17) is 14.7 Å². The Morgan fingerprint density at radius 3 is 3.07 bits per heavy atom. The maximum absolute atomic E-state index is 12.7. The minimum absolute atomic E-state index is 0.0321. The van der Waals surface area contributed by atoms with Crippen LogP contribution >= 0.6 is 0 Å². The summed E-state index contributed by atoms with van der Waals surface area (Å²) in [5.74, 6) is 1.36. The normalized spacial score (nSPS) is 20.5. The highest BCUT2D eigenvalue weighted by Crippen LogP contribution is 2.31. The van der Waals surface area contributed by atoms with Gasteiger partial charge in [0.15, 0.2) is 5.82 Å². The van der Waals surface area contributed by atoms with E-state index in [1.807, 2.05) is 24.9 Å². The number of H-pyrrole nitrogens is 1. The molecule has 1 unspecified atom stereocenters. The summed E-state index contributed by atoms with van der Waals surface area (Å²) in [7, 11) is 1.91. The quantitative estimate of drug-likeness (QED) is 0.662. The van der Waals surface area contributed by atoms with E-state index in [9.17, 15) is 4.79 Å². The molecular weight excluding hydrogens is 382 g/mol. The molecule has 3 aromatic heterocycles. The fraction of sp³-hybridized carbons (Fsp3) is 0.476. The number of likely N-dealkylation sites (N-methyl/N-ethyl adjacent to an activating group) is 1. The first-order valence-corrected chi connectivity index (χ1v) is 10.3. The number of aromatic amines is 1. The van der Waals surface area contributed by atoms with Crippen LogP contribution in [0.1, 0.15) is 31.0 Å².